The van der Waals surface area contributed by atoms with Gasteiger partial charge in [-0.2, -0.15) is 13.2 Å². The summed E-state index contributed by atoms with van der Waals surface area (Å²) in [6, 6.07) is 8.52. The Balaban J connectivity index is 1.42. The van der Waals surface area contributed by atoms with Gasteiger partial charge in [-0.25, -0.2) is 23.4 Å². The Morgan fingerprint density at radius 1 is 1.11 bits per heavy atom. The predicted octanol–water partition coefficient (Wildman–Crippen LogP) is 5.65. The molecule has 4 heterocycles. The first kappa shape index (κ1) is 26.0. The highest BCUT2D eigenvalue weighted by atomic mass is 32.2. The Kier molecular flexibility index (Phi) is 6.54. The van der Waals surface area contributed by atoms with E-state index in [2.05, 4.69) is 55.6 Å². The standard InChI is InChI=1S/C26H26F3N5O3S/c1-15(2)18-4-5-21(34-11-16(12-34)14-38(3,35)36)20-10-31-24(9-19(18)20)32-23-6-7-30-25(33-23)17-8-22(37-13-17)26(27,28)29/h4-10,13,15-16H,11-12,14H2,1-3H3,(H,30,31,32,33). The Bertz CT molecular complexity index is 1600. The first-order chi connectivity index (χ1) is 17.9. The van der Waals surface area contributed by atoms with E-state index in [4.69, 9.17) is 0 Å². The molecule has 1 fully saturated rings. The summed E-state index contributed by atoms with van der Waals surface area (Å²) < 4.78 is 66.6. The summed E-state index contributed by atoms with van der Waals surface area (Å²) in [6.07, 6.45) is 0.858. The van der Waals surface area contributed by atoms with Gasteiger partial charge < -0.3 is 14.6 Å². The predicted molar refractivity (Wildman–Crippen MR) is 139 cm³/mol. The van der Waals surface area contributed by atoms with Crippen molar-refractivity contribution < 1.29 is 26.0 Å². The number of pyridine rings is 1. The second-order valence-corrected chi connectivity index (χ2v) is 12.1. The molecule has 1 N–H and O–H groups in total. The fraction of sp³-hybridized carbons (Fsp3) is 0.346. The molecule has 1 aliphatic heterocycles. The number of nitrogens with zero attached hydrogens (tertiary/aromatic N) is 4. The number of fused-ring (bicyclic) bond motifs is 1. The fourth-order valence-corrected chi connectivity index (χ4v) is 5.76. The number of nitrogens with one attached hydrogen (secondary N) is 1. The zero-order valence-electron chi connectivity index (χ0n) is 21.0. The van der Waals surface area contributed by atoms with Crippen molar-refractivity contribution in [2.75, 3.05) is 35.3 Å². The van der Waals surface area contributed by atoms with Crippen LogP contribution in [0.3, 0.4) is 0 Å². The molecule has 3 aromatic heterocycles. The quantitative estimate of drug-likeness (QED) is 0.318. The van der Waals surface area contributed by atoms with Gasteiger partial charge in [-0.05, 0) is 35.1 Å². The number of alkyl halides is 3. The Morgan fingerprint density at radius 2 is 1.87 bits per heavy atom. The lowest BCUT2D eigenvalue weighted by Gasteiger charge is -2.41. The fourth-order valence-electron chi connectivity index (χ4n) is 4.70. The molecule has 200 valence electrons. The molecule has 1 saturated heterocycles. The molecule has 1 aromatic carbocycles. The lowest BCUT2D eigenvalue weighted by Crippen LogP contribution is -2.49. The summed E-state index contributed by atoms with van der Waals surface area (Å²) in [5.74, 6) is 0.371. The minimum absolute atomic E-state index is 0.0848. The van der Waals surface area contributed by atoms with Crippen LogP contribution in [0.15, 0.2) is 53.4 Å². The zero-order chi connectivity index (χ0) is 27.2. The summed E-state index contributed by atoms with van der Waals surface area (Å²) in [5, 5.41) is 5.08. The van der Waals surface area contributed by atoms with Gasteiger partial charge in [-0.15, -0.1) is 0 Å². The van der Waals surface area contributed by atoms with E-state index >= 15 is 0 Å². The van der Waals surface area contributed by atoms with Crippen LogP contribution in [0.4, 0.5) is 30.5 Å². The van der Waals surface area contributed by atoms with E-state index in [0.717, 1.165) is 34.4 Å². The second-order valence-electron chi connectivity index (χ2n) is 9.90. The van der Waals surface area contributed by atoms with Crippen molar-refractivity contribution in [2.24, 2.45) is 5.92 Å². The molecule has 0 spiro atoms. The van der Waals surface area contributed by atoms with Gasteiger partial charge in [0.25, 0.3) is 0 Å². The van der Waals surface area contributed by atoms with Crippen molar-refractivity contribution in [1.29, 1.82) is 0 Å². The average Bonchev–Trinajstić information content (AvgIpc) is 3.31. The van der Waals surface area contributed by atoms with Crippen LogP contribution < -0.4 is 10.2 Å². The maximum absolute atomic E-state index is 12.9. The number of halogens is 3. The number of rotatable bonds is 7. The van der Waals surface area contributed by atoms with Crippen molar-refractivity contribution in [3.8, 4) is 11.4 Å². The molecule has 4 aromatic rings. The number of benzene rings is 1. The minimum Gasteiger partial charge on any atom is -0.459 e. The van der Waals surface area contributed by atoms with Gasteiger partial charge in [0, 0.05) is 54.8 Å². The monoisotopic (exact) mass is 545 g/mol. The first-order valence-corrected chi connectivity index (χ1v) is 14.0. The lowest BCUT2D eigenvalue weighted by molar-refractivity contribution is -0.153. The first-order valence-electron chi connectivity index (χ1n) is 12.0. The lowest BCUT2D eigenvalue weighted by atomic mass is 9.93. The van der Waals surface area contributed by atoms with Crippen molar-refractivity contribution >= 4 is 37.9 Å². The summed E-state index contributed by atoms with van der Waals surface area (Å²) in [4.78, 5) is 15.1. The van der Waals surface area contributed by atoms with Crippen LogP contribution in [0.25, 0.3) is 22.2 Å². The maximum atomic E-state index is 12.9. The largest absolute Gasteiger partial charge is 0.459 e. The van der Waals surface area contributed by atoms with E-state index < -0.39 is 21.8 Å². The molecule has 0 bridgehead atoms. The number of furan rings is 1. The summed E-state index contributed by atoms with van der Waals surface area (Å²) in [6.45, 7) is 5.53. The van der Waals surface area contributed by atoms with E-state index in [1.165, 1.54) is 12.5 Å². The van der Waals surface area contributed by atoms with E-state index in [9.17, 15) is 21.6 Å². The van der Waals surface area contributed by atoms with Crippen LogP contribution in [0, 0.1) is 5.92 Å². The number of hydrogen-bond donors (Lipinski definition) is 1. The Labute approximate surface area is 217 Å². The SMILES string of the molecule is CC(C)c1ccc(N2CC(CS(C)(=O)=O)C2)c2cnc(Nc3ccnc(-c4coc(C(F)(F)F)c4)n3)cc12. The molecule has 0 amide bonds. The molecule has 0 unspecified atom stereocenters. The highest BCUT2D eigenvalue weighted by Gasteiger charge is 2.35. The Morgan fingerprint density at radius 3 is 2.53 bits per heavy atom. The van der Waals surface area contributed by atoms with Crippen LogP contribution in [0.5, 0.6) is 0 Å². The van der Waals surface area contributed by atoms with E-state index in [0.29, 0.717) is 24.7 Å². The third-order valence-corrected chi connectivity index (χ3v) is 7.50. The molecule has 0 atom stereocenters. The summed E-state index contributed by atoms with van der Waals surface area (Å²) in [7, 11) is -3.02. The summed E-state index contributed by atoms with van der Waals surface area (Å²) in [5.41, 5.74) is 2.24. The van der Waals surface area contributed by atoms with E-state index in [1.807, 2.05) is 6.07 Å². The number of hydrogen-bond acceptors (Lipinski definition) is 8. The minimum atomic E-state index is -4.60. The highest BCUT2D eigenvalue weighted by molar-refractivity contribution is 7.90. The average molecular weight is 546 g/mol. The highest BCUT2D eigenvalue weighted by Crippen LogP contribution is 2.37. The number of sulfone groups is 1. The van der Waals surface area contributed by atoms with Gasteiger partial charge >= 0.3 is 6.18 Å². The van der Waals surface area contributed by atoms with Gasteiger partial charge in [0.2, 0.25) is 5.76 Å². The van der Waals surface area contributed by atoms with Gasteiger partial charge in [-0.3, -0.25) is 0 Å². The van der Waals surface area contributed by atoms with Gasteiger partial charge in [-0.1, -0.05) is 19.9 Å². The second kappa shape index (κ2) is 9.57. The third kappa shape index (κ3) is 5.45. The molecule has 0 radical (unpaired) electrons. The molecular formula is C26H26F3N5O3S. The smallest absolute Gasteiger partial charge is 0.449 e. The zero-order valence-corrected chi connectivity index (χ0v) is 21.8. The maximum Gasteiger partial charge on any atom is 0.449 e. The van der Waals surface area contributed by atoms with Crippen molar-refractivity contribution in [3.63, 3.8) is 0 Å². The van der Waals surface area contributed by atoms with E-state index in [-0.39, 0.29) is 29.0 Å². The van der Waals surface area contributed by atoms with Crippen molar-refractivity contribution in [2.45, 2.75) is 25.9 Å². The molecule has 1 aliphatic rings. The van der Waals surface area contributed by atoms with Crippen LogP contribution >= 0.6 is 0 Å². The number of aromatic nitrogens is 3. The van der Waals surface area contributed by atoms with Crippen molar-refractivity contribution in [3.05, 3.63) is 60.3 Å². The molecule has 0 aliphatic carbocycles. The van der Waals surface area contributed by atoms with Crippen molar-refractivity contribution in [1.82, 2.24) is 15.0 Å². The topological polar surface area (TPSA) is 101 Å². The van der Waals surface area contributed by atoms with Crippen LogP contribution in [0.1, 0.15) is 31.1 Å². The molecule has 12 heteroatoms. The third-order valence-electron chi connectivity index (χ3n) is 6.42. The van der Waals surface area contributed by atoms with Crippen LogP contribution in [0.2, 0.25) is 0 Å². The Hall–Kier alpha value is -3.67. The van der Waals surface area contributed by atoms with E-state index in [1.54, 1.807) is 12.3 Å². The molecule has 0 saturated carbocycles. The van der Waals surface area contributed by atoms with Crippen LogP contribution in [-0.2, 0) is 16.0 Å². The molecule has 8 nitrogen and oxygen atoms in total. The normalized spacial score (nSPS) is 14.8. The summed E-state index contributed by atoms with van der Waals surface area (Å²) >= 11 is 0. The van der Waals surface area contributed by atoms with Gasteiger partial charge in [0.05, 0.1) is 11.3 Å². The van der Waals surface area contributed by atoms with Crippen LogP contribution in [-0.4, -0.2) is 48.5 Å². The molecule has 38 heavy (non-hydrogen) atoms. The number of anilines is 3. The molecule has 5 rings (SSSR count). The van der Waals surface area contributed by atoms with Gasteiger partial charge in [0.15, 0.2) is 5.82 Å². The van der Waals surface area contributed by atoms with Gasteiger partial charge in [0.1, 0.15) is 27.7 Å². The molecular weight excluding hydrogens is 519 g/mol.